The largest absolute Gasteiger partial charge is 0.507 e. The lowest BCUT2D eigenvalue weighted by Gasteiger charge is -2.15. The second kappa shape index (κ2) is 13.0. The Morgan fingerprint density at radius 1 is 0.850 bits per heavy atom. The summed E-state index contributed by atoms with van der Waals surface area (Å²) in [6, 6.07) is 18.5. The number of ether oxygens (including phenoxy) is 2. The van der Waals surface area contributed by atoms with Gasteiger partial charge in [-0.3, -0.25) is 9.59 Å². The summed E-state index contributed by atoms with van der Waals surface area (Å²) in [6.07, 6.45) is 5.86. The molecule has 1 atom stereocenters. The van der Waals surface area contributed by atoms with Crippen LogP contribution in [-0.2, 0) is 4.74 Å². The molecular formula is C30H28N4O6. The van der Waals surface area contributed by atoms with Crippen LogP contribution in [0.4, 0.5) is 0 Å². The summed E-state index contributed by atoms with van der Waals surface area (Å²) in [7, 11) is 3.06. The van der Waals surface area contributed by atoms with E-state index < -0.39 is 17.9 Å². The third-order valence-electron chi connectivity index (χ3n) is 6.08. The van der Waals surface area contributed by atoms with Crippen molar-refractivity contribution in [2.45, 2.75) is 12.5 Å². The first-order valence-corrected chi connectivity index (χ1v) is 12.3. The van der Waals surface area contributed by atoms with Gasteiger partial charge < -0.3 is 19.7 Å². The Morgan fingerprint density at radius 2 is 1.43 bits per heavy atom. The minimum Gasteiger partial charge on any atom is -0.507 e. The first kappa shape index (κ1) is 27.8. The highest BCUT2D eigenvalue weighted by Gasteiger charge is 2.14. The van der Waals surface area contributed by atoms with Crippen molar-refractivity contribution < 1.29 is 29.3 Å². The number of aliphatic hydroxyl groups is 1. The molecule has 0 spiro atoms. The van der Waals surface area contributed by atoms with E-state index in [1.54, 1.807) is 79.9 Å². The Kier molecular flexibility index (Phi) is 9.06. The van der Waals surface area contributed by atoms with Gasteiger partial charge in [-0.05, 0) is 72.2 Å². The monoisotopic (exact) mass is 540 g/mol. The van der Waals surface area contributed by atoms with Gasteiger partial charge in [-0.1, -0.05) is 24.3 Å². The molecule has 0 bridgehead atoms. The Balaban J connectivity index is 1.33. The van der Waals surface area contributed by atoms with Gasteiger partial charge in [-0.2, -0.15) is 10.2 Å². The number of carbonyl (C=O) groups excluding carboxylic acids is 2. The lowest BCUT2D eigenvalue weighted by atomic mass is 10.0. The molecule has 0 radical (unpaired) electrons. The molecule has 0 saturated heterocycles. The third-order valence-corrected chi connectivity index (χ3v) is 6.08. The standard InChI is InChI=1S/C30H28N4O6/c1-39-25-11-13-27(35)23(15-25)17-31-33-29(37)21-7-3-19(4-8-21)20-5-9-22(10-6-20)30(38)34-32-18-24-16-26(40-2)12-14-28(24)36/h3-13,15-18,28,35-36H,14H2,1-2H3,(H,33,37)(H,34,38)/b31-17+,32-18+. The molecule has 204 valence electrons. The summed E-state index contributed by atoms with van der Waals surface area (Å²) < 4.78 is 10.3. The molecular weight excluding hydrogens is 512 g/mol. The van der Waals surface area contributed by atoms with Gasteiger partial charge in [-0.15, -0.1) is 0 Å². The molecule has 10 heteroatoms. The molecule has 4 rings (SSSR count). The van der Waals surface area contributed by atoms with Crippen LogP contribution in [0.1, 0.15) is 32.7 Å². The Bertz CT molecular complexity index is 1490. The molecule has 0 aromatic heterocycles. The summed E-state index contributed by atoms with van der Waals surface area (Å²) in [5.41, 5.74) is 8.34. The van der Waals surface area contributed by atoms with Crippen molar-refractivity contribution in [3.05, 3.63) is 107 Å². The van der Waals surface area contributed by atoms with Crippen molar-refractivity contribution in [1.82, 2.24) is 10.9 Å². The molecule has 1 unspecified atom stereocenters. The first-order valence-electron chi connectivity index (χ1n) is 12.3. The van der Waals surface area contributed by atoms with Crippen molar-refractivity contribution >= 4 is 24.2 Å². The fourth-order valence-corrected chi connectivity index (χ4v) is 3.79. The average molecular weight is 541 g/mol. The number of methoxy groups -OCH3 is 2. The van der Waals surface area contributed by atoms with E-state index in [0.29, 0.717) is 40.2 Å². The zero-order valence-electron chi connectivity index (χ0n) is 21.9. The van der Waals surface area contributed by atoms with E-state index in [0.717, 1.165) is 11.1 Å². The summed E-state index contributed by atoms with van der Waals surface area (Å²) in [4.78, 5) is 24.9. The predicted octanol–water partition coefficient (Wildman–Crippen LogP) is 3.77. The van der Waals surface area contributed by atoms with E-state index in [4.69, 9.17) is 9.47 Å². The van der Waals surface area contributed by atoms with Crippen LogP contribution in [0.15, 0.2) is 100 Å². The van der Waals surface area contributed by atoms with Crippen LogP contribution in [0.25, 0.3) is 11.1 Å². The smallest absolute Gasteiger partial charge is 0.271 e. The molecule has 1 aliphatic carbocycles. The van der Waals surface area contributed by atoms with Crippen LogP contribution in [0.5, 0.6) is 11.5 Å². The van der Waals surface area contributed by atoms with Crippen LogP contribution in [-0.4, -0.2) is 54.8 Å². The number of rotatable bonds is 9. The number of phenols is 1. The SMILES string of the molecule is COC1=CCC(O)C(/C=N/NC(=O)c2ccc(-c3ccc(C(=O)N/N=C/c4cc(OC)ccc4O)cc3)cc2)=C1. The van der Waals surface area contributed by atoms with Crippen molar-refractivity contribution in [3.63, 3.8) is 0 Å². The molecule has 1 aliphatic rings. The van der Waals surface area contributed by atoms with Gasteiger partial charge in [0.15, 0.2) is 0 Å². The van der Waals surface area contributed by atoms with Crippen molar-refractivity contribution in [3.8, 4) is 22.6 Å². The van der Waals surface area contributed by atoms with Crippen LogP contribution < -0.4 is 15.6 Å². The third kappa shape index (κ3) is 7.00. The lowest BCUT2D eigenvalue weighted by Crippen LogP contribution is -2.20. The van der Waals surface area contributed by atoms with E-state index in [1.807, 2.05) is 0 Å². The van der Waals surface area contributed by atoms with E-state index >= 15 is 0 Å². The van der Waals surface area contributed by atoms with Gasteiger partial charge in [-0.25, -0.2) is 10.9 Å². The highest BCUT2D eigenvalue weighted by atomic mass is 16.5. The van der Waals surface area contributed by atoms with Crippen LogP contribution in [0, 0.1) is 0 Å². The van der Waals surface area contributed by atoms with E-state index in [9.17, 15) is 19.8 Å². The molecule has 0 fully saturated rings. The molecule has 0 saturated carbocycles. The Morgan fingerprint density at radius 3 is 1.98 bits per heavy atom. The molecule has 0 aliphatic heterocycles. The molecule has 3 aromatic rings. The highest BCUT2D eigenvalue weighted by Crippen LogP contribution is 2.22. The van der Waals surface area contributed by atoms with Gasteiger partial charge in [0.25, 0.3) is 11.8 Å². The zero-order chi connectivity index (χ0) is 28.5. The second-order valence-electron chi connectivity index (χ2n) is 8.68. The van der Waals surface area contributed by atoms with Crippen LogP contribution in [0.2, 0.25) is 0 Å². The fraction of sp³-hybridized carbons (Fsp3) is 0.133. The van der Waals surface area contributed by atoms with Gasteiger partial charge in [0.05, 0.1) is 32.8 Å². The number of hydrogen-bond donors (Lipinski definition) is 4. The van der Waals surface area contributed by atoms with E-state index in [2.05, 4.69) is 21.1 Å². The number of amides is 2. The normalized spacial score (nSPS) is 14.9. The number of hydrazone groups is 2. The van der Waals surface area contributed by atoms with Gasteiger partial charge in [0.1, 0.15) is 17.3 Å². The topological polar surface area (TPSA) is 142 Å². The maximum atomic E-state index is 12.5. The van der Waals surface area contributed by atoms with Crippen molar-refractivity contribution in [2.75, 3.05) is 14.2 Å². The summed E-state index contributed by atoms with van der Waals surface area (Å²) in [5, 5.41) is 27.8. The summed E-state index contributed by atoms with van der Waals surface area (Å²) >= 11 is 0. The second-order valence-corrected chi connectivity index (χ2v) is 8.68. The Hall–Kier alpha value is -5.22. The number of benzene rings is 3. The Labute approximate surface area is 231 Å². The maximum Gasteiger partial charge on any atom is 0.271 e. The van der Waals surface area contributed by atoms with Gasteiger partial charge in [0, 0.05) is 22.3 Å². The zero-order valence-corrected chi connectivity index (χ0v) is 21.9. The molecule has 10 nitrogen and oxygen atoms in total. The predicted molar refractivity (Wildman–Crippen MR) is 151 cm³/mol. The number of aliphatic hydroxyl groups excluding tert-OH is 1. The van der Waals surface area contributed by atoms with Crippen molar-refractivity contribution in [1.29, 1.82) is 0 Å². The average Bonchev–Trinajstić information content (AvgIpc) is 2.99. The number of hydrogen-bond acceptors (Lipinski definition) is 8. The van der Waals surface area contributed by atoms with Gasteiger partial charge in [0.2, 0.25) is 0 Å². The fourth-order valence-electron chi connectivity index (χ4n) is 3.79. The number of carbonyl (C=O) groups is 2. The maximum absolute atomic E-state index is 12.5. The first-order chi connectivity index (χ1) is 19.4. The quantitative estimate of drug-likeness (QED) is 0.241. The summed E-state index contributed by atoms with van der Waals surface area (Å²) in [6.45, 7) is 0. The molecule has 3 aromatic carbocycles. The lowest BCUT2D eigenvalue weighted by molar-refractivity contribution is 0.0947. The van der Waals surface area contributed by atoms with Crippen molar-refractivity contribution in [2.24, 2.45) is 10.2 Å². The number of allylic oxidation sites excluding steroid dienone is 1. The van der Waals surface area contributed by atoms with Gasteiger partial charge >= 0.3 is 0 Å². The number of phenolic OH excluding ortho intramolecular Hbond substituents is 1. The summed E-state index contributed by atoms with van der Waals surface area (Å²) in [5.74, 6) is 0.377. The van der Waals surface area contributed by atoms with E-state index in [-0.39, 0.29) is 5.75 Å². The van der Waals surface area contributed by atoms with Crippen LogP contribution in [0.3, 0.4) is 0 Å². The molecule has 2 amide bonds. The number of nitrogens with zero attached hydrogens (tertiary/aromatic N) is 2. The molecule has 4 N–H and O–H groups in total. The number of aromatic hydroxyl groups is 1. The van der Waals surface area contributed by atoms with Crippen LogP contribution >= 0.6 is 0 Å². The minimum absolute atomic E-state index is 0.00928. The minimum atomic E-state index is -0.711. The number of nitrogens with one attached hydrogen (secondary N) is 2. The van der Waals surface area contributed by atoms with E-state index in [1.165, 1.54) is 25.6 Å². The molecule has 40 heavy (non-hydrogen) atoms. The molecule has 0 heterocycles. The highest BCUT2D eigenvalue weighted by molar-refractivity contribution is 5.96.